The van der Waals surface area contributed by atoms with Gasteiger partial charge in [0.2, 0.25) is 5.75 Å². The Labute approximate surface area is 145 Å². The van der Waals surface area contributed by atoms with Gasteiger partial charge in [0.1, 0.15) is 6.61 Å². The predicted octanol–water partition coefficient (Wildman–Crippen LogP) is 3.00. The van der Waals surface area contributed by atoms with E-state index in [-0.39, 0.29) is 29.2 Å². The summed E-state index contributed by atoms with van der Waals surface area (Å²) in [6, 6.07) is 10.8. The van der Waals surface area contributed by atoms with Crippen LogP contribution >= 0.6 is 0 Å². The first kappa shape index (κ1) is 18.4. The number of hydrogen-bond acceptors (Lipinski definition) is 6. The van der Waals surface area contributed by atoms with Gasteiger partial charge in [-0.2, -0.15) is 0 Å². The molecule has 25 heavy (non-hydrogen) atoms. The zero-order chi connectivity index (χ0) is 18.6. The molecular weight excluding hydrogens is 326 g/mol. The highest BCUT2D eigenvalue weighted by atomic mass is 16.6. The van der Waals surface area contributed by atoms with Gasteiger partial charge in [0, 0.05) is 11.1 Å². The average Bonchev–Trinajstić information content (AvgIpc) is 2.61. The first-order chi connectivity index (χ1) is 11.9. The van der Waals surface area contributed by atoms with E-state index in [0.717, 1.165) is 12.7 Å². The van der Waals surface area contributed by atoms with Crippen molar-refractivity contribution in [1.29, 1.82) is 0 Å². The Morgan fingerprint density at radius 3 is 2.48 bits per heavy atom. The first-order valence-corrected chi connectivity index (χ1v) is 7.58. The maximum absolute atomic E-state index is 11.6. The van der Waals surface area contributed by atoms with Gasteiger partial charge in [-0.25, -0.2) is 4.79 Å². The Morgan fingerprint density at radius 1 is 1.28 bits per heavy atom. The van der Waals surface area contributed by atoms with Gasteiger partial charge < -0.3 is 14.6 Å². The Bertz CT molecular complexity index is 788. The molecule has 7 nitrogen and oxygen atoms in total. The highest BCUT2D eigenvalue weighted by molar-refractivity contribution is 5.78. The molecule has 0 aliphatic rings. The number of aryl methyl sites for hydroxylation is 1. The molecule has 0 aliphatic carbocycles. The van der Waals surface area contributed by atoms with E-state index < -0.39 is 17.0 Å². The van der Waals surface area contributed by atoms with Gasteiger partial charge in [0.05, 0.1) is 12.0 Å². The number of benzene rings is 2. The lowest BCUT2D eigenvalue weighted by molar-refractivity contribution is -0.386. The average molecular weight is 345 g/mol. The highest BCUT2D eigenvalue weighted by Gasteiger charge is 2.30. The summed E-state index contributed by atoms with van der Waals surface area (Å²) in [4.78, 5) is 22.6. The van der Waals surface area contributed by atoms with E-state index in [1.54, 1.807) is 6.92 Å². The summed E-state index contributed by atoms with van der Waals surface area (Å²) in [6.45, 7) is 3.26. The minimum atomic E-state index is -1.59. The van der Waals surface area contributed by atoms with Crippen molar-refractivity contribution in [2.45, 2.75) is 26.6 Å². The van der Waals surface area contributed by atoms with E-state index in [1.807, 2.05) is 30.3 Å². The van der Waals surface area contributed by atoms with E-state index >= 15 is 0 Å². The van der Waals surface area contributed by atoms with E-state index in [0.29, 0.717) is 5.56 Å². The van der Waals surface area contributed by atoms with E-state index in [1.165, 1.54) is 13.0 Å². The van der Waals surface area contributed by atoms with Gasteiger partial charge in [-0.05, 0) is 31.0 Å². The van der Waals surface area contributed by atoms with Crippen LogP contribution in [0.4, 0.5) is 5.69 Å². The molecule has 0 heterocycles. The number of nitro groups is 1. The largest absolute Gasteiger partial charge is 0.482 e. The molecule has 0 radical (unpaired) electrons. The lowest BCUT2D eigenvalue weighted by atomic mass is 9.97. The summed E-state index contributed by atoms with van der Waals surface area (Å²) in [5.74, 6) is -0.762. The number of esters is 1. The van der Waals surface area contributed by atoms with Crippen LogP contribution < -0.4 is 4.74 Å². The number of rotatable bonds is 6. The van der Waals surface area contributed by atoms with Crippen LogP contribution in [0.5, 0.6) is 5.75 Å². The van der Waals surface area contributed by atoms with Gasteiger partial charge in [0.15, 0.2) is 6.10 Å². The Balaban J connectivity index is 2.45. The molecule has 0 amide bonds. The van der Waals surface area contributed by atoms with Crippen molar-refractivity contribution in [2.75, 3.05) is 7.11 Å². The molecule has 2 aromatic rings. The smallest absolute Gasteiger partial charge is 0.339 e. The fourth-order valence-electron chi connectivity index (χ4n) is 2.56. The molecule has 0 aromatic heterocycles. The maximum Gasteiger partial charge on any atom is 0.339 e. The predicted molar refractivity (Wildman–Crippen MR) is 90.3 cm³/mol. The van der Waals surface area contributed by atoms with Gasteiger partial charge in [-0.1, -0.05) is 30.3 Å². The molecule has 2 rings (SSSR count). The second kappa shape index (κ2) is 7.76. The monoisotopic (exact) mass is 345 g/mol. The fourth-order valence-corrected chi connectivity index (χ4v) is 2.56. The Morgan fingerprint density at radius 2 is 1.92 bits per heavy atom. The lowest BCUT2D eigenvalue weighted by Gasteiger charge is -2.16. The van der Waals surface area contributed by atoms with Crippen LogP contribution in [-0.2, 0) is 16.1 Å². The van der Waals surface area contributed by atoms with Gasteiger partial charge in [0.25, 0.3) is 0 Å². The third-order valence-electron chi connectivity index (χ3n) is 3.86. The number of aliphatic hydroxyl groups excluding tert-OH is 1. The summed E-state index contributed by atoms with van der Waals surface area (Å²) in [5.41, 5.74) is 1.34. The minimum absolute atomic E-state index is 0.118. The van der Waals surface area contributed by atoms with Crippen LogP contribution in [-0.4, -0.2) is 23.1 Å². The van der Waals surface area contributed by atoms with Crippen molar-refractivity contribution in [3.05, 3.63) is 68.8 Å². The zero-order valence-corrected chi connectivity index (χ0v) is 14.2. The van der Waals surface area contributed by atoms with Crippen LogP contribution in [0.15, 0.2) is 36.4 Å². The molecule has 132 valence electrons. The van der Waals surface area contributed by atoms with E-state index in [2.05, 4.69) is 4.74 Å². The number of nitrogens with zero attached hydrogens (tertiary/aromatic N) is 1. The van der Waals surface area contributed by atoms with Crippen molar-refractivity contribution < 1.29 is 24.3 Å². The lowest BCUT2D eigenvalue weighted by Crippen LogP contribution is -2.16. The molecule has 0 spiro atoms. The number of aliphatic hydroxyl groups is 1. The third-order valence-corrected chi connectivity index (χ3v) is 3.86. The number of carbonyl (C=O) groups excluding carboxylic acids is 1. The van der Waals surface area contributed by atoms with Crippen LogP contribution in [0.2, 0.25) is 0 Å². The van der Waals surface area contributed by atoms with Crippen LogP contribution in [0.3, 0.4) is 0 Å². The molecule has 0 saturated heterocycles. The van der Waals surface area contributed by atoms with Crippen LogP contribution in [0.25, 0.3) is 0 Å². The molecular formula is C18H19NO6. The summed E-state index contributed by atoms with van der Waals surface area (Å²) in [5, 5.41) is 21.6. The standard InChI is InChI=1S/C18H19NO6/c1-11-9-14(16(20)18(21)24-3)12(2)15(19(22)23)17(11)25-10-13-7-5-4-6-8-13/h4-9,16,20H,10H2,1-3H3. The van der Waals surface area contributed by atoms with Crippen molar-refractivity contribution in [1.82, 2.24) is 0 Å². The summed E-state index contributed by atoms with van der Waals surface area (Å²) in [6.07, 6.45) is -1.59. The summed E-state index contributed by atoms with van der Waals surface area (Å²) in [7, 11) is 1.14. The third kappa shape index (κ3) is 3.95. The summed E-state index contributed by atoms with van der Waals surface area (Å²) >= 11 is 0. The molecule has 1 atom stereocenters. The Hall–Kier alpha value is -2.93. The quantitative estimate of drug-likeness (QED) is 0.491. The maximum atomic E-state index is 11.6. The molecule has 7 heteroatoms. The molecule has 2 aromatic carbocycles. The second-order valence-corrected chi connectivity index (χ2v) is 5.54. The fraction of sp³-hybridized carbons (Fsp3) is 0.278. The molecule has 0 fully saturated rings. The number of methoxy groups -OCH3 is 1. The van der Waals surface area contributed by atoms with Gasteiger partial charge >= 0.3 is 11.7 Å². The topological polar surface area (TPSA) is 98.9 Å². The zero-order valence-electron chi connectivity index (χ0n) is 14.2. The van der Waals surface area contributed by atoms with Gasteiger partial charge in [-0.3, -0.25) is 10.1 Å². The summed E-state index contributed by atoms with van der Waals surface area (Å²) < 4.78 is 10.2. The number of ether oxygens (including phenoxy) is 2. The van der Waals surface area contributed by atoms with E-state index in [4.69, 9.17) is 4.74 Å². The van der Waals surface area contributed by atoms with Crippen molar-refractivity contribution >= 4 is 11.7 Å². The van der Waals surface area contributed by atoms with Crippen molar-refractivity contribution in [3.8, 4) is 5.75 Å². The van der Waals surface area contributed by atoms with E-state index in [9.17, 15) is 20.0 Å². The molecule has 1 N–H and O–H groups in total. The molecule has 0 bridgehead atoms. The second-order valence-electron chi connectivity index (χ2n) is 5.54. The number of hydrogen-bond donors (Lipinski definition) is 1. The molecule has 1 unspecified atom stereocenters. The molecule has 0 aliphatic heterocycles. The van der Waals surface area contributed by atoms with Crippen LogP contribution in [0.1, 0.15) is 28.4 Å². The SMILES string of the molecule is COC(=O)C(O)c1cc(C)c(OCc2ccccc2)c([N+](=O)[O-])c1C. The highest BCUT2D eigenvalue weighted by Crippen LogP contribution is 2.39. The van der Waals surface area contributed by atoms with Crippen molar-refractivity contribution in [2.24, 2.45) is 0 Å². The number of carbonyl (C=O) groups is 1. The Kier molecular flexibility index (Phi) is 5.71. The first-order valence-electron chi connectivity index (χ1n) is 7.58. The van der Waals surface area contributed by atoms with Crippen molar-refractivity contribution in [3.63, 3.8) is 0 Å². The van der Waals surface area contributed by atoms with Gasteiger partial charge in [-0.15, -0.1) is 0 Å². The molecule has 0 saturated carbocycles. The normalized spacial score (nSPS) is 11.7. The van der Waals surface area contributed by atoms with Crippen LogP contribution in [0, 0.1) is 24.0 Å². The minimum Gasteiger partial charge on any atom is -0.482 e. The number of nitro benzene ring substituents is 1.